The van der Waals surface area contributed by atoms with Gasteiger partial charge >= 0.3 is 5.97 Å². The van der Waals surface area contributed by atoms with Crippen molar-refractivity contribution in [1.29, 1.82) is 0 Å². The maximum atomic E-state index is 11.8. The van der Waals surface area contributed by atoms with Crippen LogP contribution in [0, 0.1) is 5.92 Å². The first-order valence-electron chi connectivity index (χ1n) is 6.81. The van der Waals surface area contributed by atoms with E-state index in [9.17, 15) is 13.2 Å². The molecular weight excluding hydrogens is 266 g/mol. The molecule has 0 bridgehead atoms. The molecule has 0 radical (unpaired) electrons. The zero-order valence-electron chi connectivity index (χ0n) is 11.1. The van der Waals surface area contributed by atoms with E-state index >= 15 is 0 Å². The van der Waals surface area contributed by atoms with Gasteiger partial charge in [-0.1, -0.05) is 12.2 Å². The van der Waals surface area contributed by atoms with Crippen molar-refractivity contribution in [2.75, 3.05) is 37.7 Å². The molecule has 1 unspecified atom stereocenters. The third-order valence-corrected chi connectivity index (χ3v) is 5.30. The fraction of sp³-hybridized carbons (Fsp3) is 0.769. The van der Waals surface area contributed by atoms with Gasteiger partial charge < -0.3 is 4.74 Å². The number of esters is 1. The van der Waals surface area contributed by atoms with Crippen LogP contribution in [0.25, 0.3) is 0 Å². The van der Waals surface area contributed by atoms with Crippen LogP contribution in [0.3, 0.4) is 0 Å². The van der Waals surface area contributed by atoms with E-state index in [1.807, 2.05) is 11.0 Å². The Bertz CT molecular complexity index is 430. The van der Waals surface area contributed by atoms with Crippen molar-refractivity contribution in [3.05, 3.63) is 12.2 Å². The minimum absolute atomic E-state index is 0.00623. The van der Waals surface area contributed by atoms with E-state index in [4.69, 9.17) is 4.74 Å². The van der Waals surface area contributed by atoms with Crippen LogP contribution in [0.4, 0.5) is 0 Å². The molecule has 0 saturated carbocycles. The topological polar surface area (TPSA) is 63.7 Å². The average Bonchev–Trinajstić information content (AvgIpc) is 2.41. The number of carbonyl (C=O) groups is 1. The lowest BCUT2D eigenvalue weighted by Crippen LogP contribution is -2.42. The highest BCUT2D eigenvalue weighted by Crippen LogP contribution is 2.19. The van der Waals surface area contributed by atoms with Gasteiger partial charge in [0.1, 0.15) is 6.61 Å². The second-order valence-electron chi connectivity index (χ2n) is 5.14. The number of carbonyl (C=O) groups excluding carboxylic acids is 1. The summed E-state index contributed by atoms with van der Waals surface area (Å²) in [4.78, 5) is 13.8. The number of allylic oxidation sites excluding steroid dienone is 2. The van der Waals surface area contributed by atoms with E-state index in [0.717, 1.165) is 19.3 Å². The summed E-state index contributed by atoms with van der Waals surface area (Å²) in [6.07, 6.45) is 6.73. The van der Waals surface area contributed by atoms with Crippen LogP contribution in [0.15, 0.2) is 12.2 Å². The van der Waals surface area contributed by atoms with Crippen LogP contribution in [0.2, 0.25) is 0 Å². The monoisotopic (exact) mass is 287 g/mol. The highest BCUT2D eigenvalue weighted by Gasteiger charge is 2.23. The molecule has 5 nitrogen and oxygen atoms in total. The minimum Gasteiger partial charge on any atom is -0.464 e. The van der Waals surface area contributed by atoms with E-state index in [1.54, 1.807) is 0 Å². The number of hydrogen-bond donors (Lipinski definition) is 0. The fourth-order valence-corrected chi connectivity index (χ4v) is 3.65. The highest BCUT2D eigenvalue weighted by molar-refractivity contribution is 7.91. The predicted octanol–water partition coefficient (Wildman–Crippen LogP) is 0.616. The molecule has 1 atom stereocenters. The quantitative estimate of drug-likeness (QED) is 0.560. The number of sulfone groups is 1. The Morgan fingerprint density at radius 2 is 2.00 bits per heavy atom. The zero-order chi connectivity index (χ0) is 13.7. The van der Waals surface area contributed by atoms with Gasteiger partial charge in [0.25, 0.3) is 0 Å². The third-order valence-electron chi connectivity index (χ3n) is 3.69. The maximum absolute atomic E-state index is 11.8. The average molecular weight is 287 g/mol. The Kier molecular flexibility index (Phi) is 4.99. The van der Waals surface area contributed by atoms with Crippen molar-refractivity contribution < 1.29 is 17.9 Å². The summed E-state index contributed by atoms with van der Waals surface area (Å²) in [6, 6.07) is 0. The number of nitrogens with zero attached hydrogens (tertiary/aromatic N) is 1. The van der Waals surface area contributed by atoms with Gasteiger partial charge in [-0.15, -0.1) is 0 Å². The third kappa shape index (κ3) is 4.62. The normalized spacial score (nSPS) is 27.1. The number of rotatable bonds is 4. The molecule has 19 heavy (non-hydrogen) atoms. The molecule has 0 N–H and O–H groups in total. The number of hydrogen-bond acceptors (Lipinski definition) is 5. The molecule has 0 amide bonds. The molecule has 0 aromatic heterocycles. The van der Waals surface area contributed by atoms with Gasteiger partial charge in [0, 0.05) is 19.6 Å². The lowest BCUT2D eigenvalue weighted by molar-refractivity contribution is -0.149. The minimum atomic E-state index is -2.83. The molecule has 0 spiro atoms. The summed E-state index contributed by atoms with van der Waals surface area (Å²) in [6.45, 7) is 2.08. The molecule has 1 fully saturated rings. The Morgan fingerprint density at radius 1 is 1.26 bits per heavy atom. The lowest BCUT2D eigenvalue weighted by atomic mass is 9.95. The Hall–Kier alpha value is -0.880. The van der Waals surface area contributed by atoms with Crippen LogP contribution < -0.4 is 0 Å². The maximum Gasteiger partial charge on any atom is 0.309 e. The van der Waals surface area contributed by atoms with Crippen LogP contribution in [-0.2, 0) is 19.4 Å². The molecular formula is C13H21NO4S. The molecule has 0 aromatic carbocycles. The first kappa shape index (κ1) is 14.5. The van der Waals surface area contributed by atoms with E-state index in [2.05, 4.69) is 6.08 Å². The SMILES string of the molecule is O=C(OCCN1CCS(=O)(=O)CC1)C1CC=CCC1. The summed E-state index contributed by atoms with van der Waals surface area (Å²) in [7, 11) is -2.83. The molecule has 1 aliphatic heterocycles. The first-order chi connectivity index (χ1) is 9.07. The molecule has 1 aliphatic carbocycles. The van der Waals surface area contributed by atoms with Gasteiger partial charge in [0.05, 0.1) is 17.4 Å². The van der Waals surface area contributed by atoms with E-state index in [1.165, 1.54) is 0 Å². The van der Waals surface area contributed by atoms with Crippen LogP contribution in [-0.4, -0.2) is 57.0 Å². The van der Waals surface area contributed by atoms with Crippen molar-refractivity contribution in [2.45, 2.75) is 19.3 Å². The standard InChI is InChI=1S/C13H21NO4S/c15-13(12-4-2-1-3-5-12)18-9-6-14-7-10-19(16,17)11-8-14/h1-2,12H,3-11H2. The number of ether oxygens (including phenoxy) is 1. The first-order valence-corrected chi connectivity index (χ1v) is 8.63. The fourth-order valence-electron chi connectivity index (χ4n) is 2.37. The Balaban J connectivity index is 1.64. The Morgan fingerprint density at radius 3 is 2.63 bits per heavy atom. The summed E-state index contributed by atoms with van der Waals surface area (Å²) in [5.41, 5.74) is 0. The van der Waals surface area contributed by atoms with Gasteiger partial charge in [-0.25, -0.2) is 8.42 Å². The summed E-state index contributed by atoms with van der Waals surface area (Å²) < 4.78 is 27.8. The highest BCUT2D eigenvalue weighted by atomic mass is 32.2. The smallest absolute Gasteiger partial charge is 0.309 e. The lowest BCUT2D eigenvalue weighted by Gasteiger charge is -2.26. The van der Waals surface area contributed by atoms with Crippen LogP contribution in [0.5, 0.6) is 0 Å². The van der Waals surface area contributed by atoms with E-state index < -0.39 is 9.84 Å². The van der Waals surface area contributed by atoms with Gasteiger partial charge in [0.2, 0.25) is 0 Å². The van der Waals surface area contributed by atoms with Crippen molar-refractivity contribution in [3.63, 3.8) is 0 Å². The summed E-state index contributed by atoms with van der Waals surface area (Å²) in [5.74, 6) is 0.323. The molecule has 6 heteroatoms. The van der Waals surface area contributed by atoms with Gasteiger partial charge in [-0.05, 0) is 19.3 Å². The van der Waals surface area contributed by atoms with Crippen molar-refractivity contribution in [1.82, 2.24) is 4.90 Å². The molecule has 1 heterocycles. The van der Waals surface area contributed by atoms with Crippen LogP contribution in [0.1, 0.15) is 19.3 Å². The summed E-state index contributed by atoms with van der Waals surface area (Å²) in [5, 5.41) is 0. The molecule has 108 valence electrons. The summed E-state index contributed by atoms with van der Waals surface area (Å²) >= 11 is 0. The molecule has 0 aromatic rings. The van der Waals surface area contributed by atoms with E-state index in [0.29, 0.717) is 26.2 Å². The zero-order valence-corrected chi connectivity index (χ0v) is 11.9. The van der Waals surface area contributed by atoms with Crippen molar-refractivity contribution >= 4 is 15.8 Å². The second-order valence-corrected chi connectivity index (χ2v) is 7.45. The van der Waals surface area contributed by atoms with E-state index in [-0.39, 0.29) is 23.4 Å². The molecule has 2 rings (SSSR count). The van der Waals surface area contributed by atoms with Crippen molar-refractivity contribution in [2.24, 2.45) is 5.92 Å². The van der Waals surface area contributed by atoms with Crippen LogP contribution >= 0.6 is 0 Å². The molecule has 1 saturated heterocycles. The van der Waals surface area contributed by atoms with Gasteiger partial charge in [-0.3, -0.25) is 9.69 Å². The Labute approximate surface area is 114 Å². The second kappa shape index (κ2) is 6.52. The van der Waals surface area contributed by atoms with Gasteiger partial charge in [-0.2, -0.15) is 0 Å². The van der Waals surface area contributed by atoms with Gasteiger partial charge in [0.15, 0.2) is 9.84 Å². The largest absolute Gasteiger partial charge is 0.464 e. The van der Waals surface area contributed by atoms with Crippen molar-refractivity contribution in [3.8, 4) is 0 Å². The predicted molar refractivity (Wildman–Crippen MR) is 72.5 cm³/mol. The molecule has 2 aliphatic rings.